The Morgan fingerprint density at radius 3 is 2.40 bits per heavy atom. The highest BCUT2D eigenvalue weighted by Crippen LogP contribution is 2.19. The summed E-state index contributed by atoms with van der Waals surface area (Å²) in [4.78, 5) is 26.5. The molecule has 0 aromatic heterocycles. The largest absolute Gasteiger partial charge is 0.494 e. The molecule has 0 aliphatic carbocycles. The van der Waals surface area contributed by atoms with Gasteiger partial charge >= 0.3 is 5.97 Å². The molecule has 2 aromatic carbocycles. The Hall–Kier alpha value is -3.06. The number of nitrogens with one attached hydrogen (secondary N) is 1. The fourth-order valence-electron chi connectivity index (χ4n) is 3.01. The van der Waals surface area contributed by atoms with Crippen LogP contribution in [-0.2, 0) is 14.3 Å². The standard InChI is InChI=1S/C23H28N2O5/c1-2-3-14-29-21-10-4-18(5-11-21)23(27)30-17-22(26)24-19-6-8-20(9-7-19)25-12-15-28-16-13-25/h4-11H,2-3,12-17H2,1H3,(H,24,26). The van der Waals surface area contributed by atoms with E-state index in [1.54, 1.807) is 24.3 Å². The van der Waals surface area contributed by atoms with Crippen LogP contribution >= 0.6 is 0 Å². The number of carbonyl (C=O) groups excluding carboxylic acids is 2. The van der Waals surface area contributed by atoms with Crippen LogP contribution in [0.2, 0.25) is 0 Å². The molecule has 0 spiro atoms. The normalized spacial score (nSPS) is 13.6. The second kappa shape index (κ2) is 11.2. The lowest BCUT2D eigenvalue weighted by atomic mass is 10.2. The zero-order valence-corrected chi connectivity index (χ0v) is 17.3. The van der Waals surface area contributed by atoms with Crippen LogP contribution in [0.5, 0.6) is 5.75 Å². The van der Waals surface area contributed by atoms with Crippen molar-refractivity contribution in [2.45, 2.75) is 19.8 Å². The number of ether oxygens (including phenoxy) is 3. The zero-order chi connectivity index (χ0) is 21.2. The van der Waals surface area contributed by atoms with Crippen LogP contribution in [0.4, 0.5) is 11.4 Å². The van der Waals surface area contributed by atoms with Crippen LogP contribution in [0, 0.1) is 0 Å². The number of esters is 1. The van der Waals surface area contributed by atoms with E-state index in [9.17, 15) is 9.59 Å². The quantitative estimate of drug-likeness (QED) is 0.502. The zero-order valence-electron chi connectivity index (χ0n) is 17.3. The Morgan fingerprint density at radius 1 is 1.03 bits per heavy atom. The number of morpholine rings is 1. The van der Waals surface area contributed by atoms with Crippen LogP contribution in [0.1, 0.15) is 30.1 Å². The number of unbranched alkanes of at least 4 members (excludes halogenated alkanes) is 1. The Bertz CT molecular complexity index is 814. The molecule has 1 amide bonds. The minimum Gasteiger partial charge on any atom is -0.494 e. The maximum absolute atomic E-state index is 12.1. The Kier molecular flexibility index (Phi) is 8.09. The van der Waals surface area contributed by atoms with Gasteiger partial charge in [-0.15, -0.1) is 0 Å². The number of rotatable bonds is 9. The molecule has 1 fully saturated rings. The number of nitrogens with zero attached hydrogens (tertiary/aromatic N) is 1. The fraction of sp³-hybridized carbons (Fsp3) is 0.391. The van der Waals surface area contributed by atoms with Gasteiger partial charge in [0.15, 0.2) is 6.61 Å². The summed E-state index contributed by atoms with van der Waals surface area (Å²) in [6, 6.07) is 14.3. The van der Waals surface area contributed by atoms with E-state index in [1.807, 2.05) is 24.3 Å². The molecule has 1 aliphatic heterocycles. The minimum atomic E-state index is -0.548. The smallest absolute Gasteiger partial charge is 0.338 e. The molecule has 30 heavy (non-hydrogen) atoms. The number of carbonyl (C=O) groups is 2. The molecule has 160 valence electrons. The van der Waals surface area contributed by atoms with E-state index in [-0.39, 0.29) is 12.5 Å². The van der Waals surface area contributed by atoms with Crippen LogP contribution in [0.15, 0.2) is 48.5 Å². The lowest BCUT2D eigenvalue weighted by Crippen LogP contribution is -2.36. The summed E-state index contributed by atoms with van der Waals surface area (Å²) in [6.45, 7) is 5.55. The highest BCUT2D eigenvalue weighted by Gasteiger charge is 2.13. The van der Waals surface area contributed by atoms with Gasteiger partial charge < -0.3 is 24.4 Å². The second-order valence-electron chi connectivity index (χ2n) is 7.00. The van der Waals surface area contributed by atoms with E-state index >= 15 is 0 Å². The lowest BCUT2D eigenvalue weighted by molar-refractivity contribution is -0.119. The SMILES string of the molecule is CCCCOc1ccc(C(=O)OCC(=O)Nc2ccc(N3CCOCC3)cc2)cc1. The van der Waals surface area contributed by atoms with E-state index in [0.717, 1.165) is 44.8 Å². The van der Waals surface area contributed by atoms with E-state index in [1.165, 1.54) is 0 Å². The average molecular weight is 412 g/mol. The third-order valence-electron chi connectivity index (χ3n) is 4.72. The highest BCUT2D eigenvalue weighted by atomic mass is 16.5. The van der Waals surface area contributed by atoms with E-state index in [2.05, 4.69) is 17.1 Å². The molecule has 0 radical (unpaired) electrons. The average Bonchev–Trinajstić information content (AvgIpc) is 2.79. The third kappa shape index (κ3) is 6.49. The van der Waals surface area contributed by atoms with Crippen molar-refractivity contribution in [1.29, 1.82) is 0 Å². The van der Waals surface area contributed by atoms with E-state index < -0.39 is 5.97 Å². The van der Waals surface area contributed by atoms with Gasteiger partial charge in [-0.05, 0) is 55.0 Å². The van der Waals surface area contributed by atoms with Crippen molar-refractivity contribution in [2.24, 2.45) is 0 Å². The molecule has 1 aliphatic rings. The minimum absolute atomic E-state index is 0.348. The van der Waals surface area contributed by atoms with E-state index in [0.29, 0.717) is 23.6 Å². The van der Waals surface area contributed by atoms with Gasteiger partial charge in [-0.25, -0.2) is 4.79 Å². The molecule has 2 aromatic rings. The summed E-state index contributed by atoms with van der Waals surface area (Å²) in [6.07, 6.45) is 2.04. The number of anilines is 2. The molecule has 0 atom stereocenters. The van der Waals surface area contributed by atoms with Crippen LogP contribution < -0.4 is 15.0 Å². The van der Waals surface area contributed by atoms with Crippen LogP contribution in [-0.4, -0.2) is 51.4 Å². The molecule has 1 heterocycles. The predicted octanol–water partition coefficient (Wildman–Crippen LogP) is 3.50. The first kappa shape index (κ1) is 21.6. The summed E-state index contributed by atoms with van der Waals surface area (Å²) < 4.78 is 16.0. The van der Waals surface area contributed by atoms with Gasteiger partial charge in [0, 0.05) is 24.5 Å². The number of amides is 1. The highest BCUT2D eigenvalue weighted by molar-refractivity contribution is 5.95. The third-order valence-corrected chi connectivity index (χ3v) is 4.72. The second-order valence-corrected chi connectivity index (χ2v) is 7.00. The van der Waals surface area contributed by atoms with Crippen molar-refractivity contribution < 1.29 is 23.8 Å². The van der Waals surface area contributed by atoms with Crippen molar-refractivity contribution in [2.75, 3.05) is 49.7 Å². The molecule has 7 heteroatoms. The molecule has 0 unspecified atom stereocenters. The van der Waals surface area contributed by atoms with Gasteiger partial charge in [-0.3, -0.25) is 4.79 Å². The van der Waals surface area contributed by atoms with Gasteiger partial charge in [-0.2, -0.15) is 0 Å². The Labute approximate surface area is 176 Å². The molecular formula is C23H28N2O5. The van der Waals surface area contributed by atoms with Crippen molar-refractivity contribution in [3.8, 4) is 5.75 Å². The molecule has 1 N–H and O–H groups in total. The van der Waals surface area contributed by atoms with Gasteiger partial charge in [-0.1, -0.05) is 13.3 Å². The maximum Gasteiger partial charge on any atom is 0.338 e. The monoisotopic (exact) mass is 412 g/mol. The first-order valence-electron chi connectivity index (χ1n) is 10.3. The molecular weight excluding hydrogens is 384 g/mol. The summed E-state index contributed by atoms with van der Waals surface area (Å²) in [7, 11) is 0. The first-order chi connectivity index (χ1) is 14.7. The molecule has 3 rings (SSSR count). The summed E-state index contributed by atoms with van der Waals surface area (Å²) >= 11 is 0. The maximum atomic E-state index is 12.1. The van der Waals surface area contributed by atoms with Gasteiger partial charge in [0.2, 0.25) is 0 Å². The van der Waals surface area contributed by atoms with Crippen LogP contribution in [0.3, 0.4) is 0 Å². The fourth-order valence-corrected chi connectivity index (χ4v) is 3.01. The van der Waals surface area contributed by atoms with Gasteiger partial charge in [0.1, 0.15) is 5.75 Å². The van der Waals surface area contributed by atoms with Crippen molar-refractivity contribution in [1.82, 2.24) is 0 Å². The van der Waals surface area contributed by atoms with Crippen LogP contribution in [0.25, 0.3) is 0 Å². The topological polar surface area (TPSA) is 77.1 Å². The van der Waals surface area contributed by atoms with Gasteiger partial charge in [0.25, 0.3) is 5.91 Å². The number of hydrogen-bond acceptors (Lipinski definition) is 6. The van der Waals surface area contributed by atoms with Gasteiger partial charge in [0.05, 0.1) is 25.4 Å². The summed E-state index contributed by atoms with van der Waals surface area (Å²) in [5.74, 6) is -0.229. The predicted molar refractivity (Wildman–Crippen MR) is 115 cm³/mol. The molecule has 1 saturated heterocycles. The summed E-state index contributed by atoms with van der Waals surface area (Å²) in [5.41, 5.74) is 2.12. The molecule has 0 saturated carbocycles. The van der Waals surface area contributed by atoms with Crippen molar-refractivity contribution >= 4 is 23.3 Å². The first-order valence-corrected chi connectivity index (χ1v) is 10.3. The van der Waals surface area contributed by atoms with E-state index in [4.69, 9.17) is 14.2 Å². The number of hydrogen-bond donors (Lipinski definition) is 1. The molecule has 0 bridgehead atoms. The van der Waals surface area contributed by atoms with Crippen molar-refractivity contribution in [3.63, 3.8) is 0 Å². The molecule has 7 nitrogen and oxygen atoms in total. The Balaban J connectivity index is 1.43. The number of benzene rings is 2. The lowest BCUT2D eigenvalue weighted by Gasteiger charge is -2.28. The summed E-state index contributed by atoms with van der Waals surface area (Å²) in [5, 5.41) is 2.74. The Morgan fingerprint density at radius 2 is 1.73 bits per heavy atom. The van der Waals surface area contributed by atoms with Crippen molar-refractivity contribution in [3.05, 3.63) is 54.1 Å².